The number of alkyl halides is 6. The first-order valence-corrected chi connectivity index (χ1v) is 11.2. The van der Waals surface area contributed by atoms with Crippen molar-refractivity contribution in [2.45, 2.75) is 25.6 Å². The molecule has 40 heavy (non-hydrogen) atoms. The summed E-state index contributed by atoms with van der Waals surface area (Å²) in [6.45, 7) is 0.192. The van der Waals surface area contributed by atoms with Gasteiger partial charge in [0, 0.05) is 24.6 Å². The molecule has 16 heteroatoms. The van der Waals surface area contributed by atoms with Crippen molar-refractivity contribution in [1.82, 2.24) is 19.9 Å². The quantitative estimate of drug-likeness (QED) is 0.166. The van der Waals surface area contributed by atoms with Crippen molar-refractivity contribution in [3.63, 3.8) is 0 Å². The number of halogens is 7. The van der Waals surface area contributed by atoms with E-state index in [1.54, 1.807) is 24.5 Å². The molecule has 0 aliphatic heterocycles. The van der Waals surface area contributed by atoms with Gasteiger partial charge < -0.3 is 15.4 Å². The van der Waals surface area contributed by atoms with E-state index in [2.05, 4.69) is 45.5 Å². The van der Waals surface area contributed by atoms with Crippen LogP contribution in [0.1, 0.15) is 16.7 Å². The van der Waals surface area contributed by atoms with Crippen molar-refractivity contribution < 1.29 is 35.5 Å². The summed E-state index contributed by atoms with van der Waals surface area (Å²) in [6, 6.07) is 10.7. The molecule has 0 saturated heterocycles. The van der Waals surface area contributed by atoms with Crippen LogP contribution in [-0.4, -0.2) is 26.3 Å². The number of ether oxygens (including phenoxy) is 1. The van der Waals surface area contributed by atoms with Crippen LogP contribution in [0.3, 0.4) is 0 Å². The van der Waals surface area contributed by atoms with Crippen molar-refractivity contribution in [3.8, 4) is 5.75 Å². The molecule has 0 aliphatic rings. The van der Waals surface area contributed by atoms with E-state index in [1.807, 2.05) is 0 Å². The molecule has 0 saturated carbocycles. The fraction of sp³-hybridized carbons (Fsp3) is 0.167. The predicted molar refractivity (Wildman–Crippen MR) is 127 cm³/mol. The summed E-state index contributed by atoms with van der Waals surface area (Å²) in [5.41, 5.74) is -0.315. The molecule has 0 fully saturated rings. The highest BCUT2D eigenvalue weighted by molar-refractivity contribution is 5.56. The summed E-state index contributed by atoms with van der Waals surface area (Å²) in [5, 5.41) is 13.3. The van der Waals surface area contributed by atoms with Crippen LogP contribution >= 0.6 is 0 Å². The van der Waals surface area contributed by atoms with Gasteiger partial charge in [-0.15, -0.1) is 18.3 Å². The standard InChI is InChI=1S/C24H17F7N8O/c25-19-6-3-16(11-18(19)23(26,27)28)35-21-36-20(33-12-15-7-9-32-10-8-15)37-22(38-21)39-34-13-14-1-4-17(5-2-14)40-24(29,30)31/h1-11H,12-13H2,(H2,33,35,36,37,38). The maximum Gasteiger partial charge on any atom is 0.573 e. The van der Waals surface area contributed by atoms with E-state index >= 15 is 0 Å². The van der Waals surface area contributed by atoms with E-state index in [9.17, 15) is 30.7 Å². The summed E-state index contributed by atoms with van der Waals surface area (Å²) in [4.78, 5) is 16.2. The molecule has 4 rings (SSSR count). The zero-order valence-corrected chi connectivity index (χ0v) is 20.0. The van der Waals surface area contributed by atoms with Crippen LogP contribution in [0.5, 0.6) is 5.75 Å². The first kappa shape index (κ1) is 28.1. The summed E-state index contributed by atoms with van der Waals surface area (Å²) in [6.07, 6.45) is -6.59. The number of aromatic nitrogens is 4. The lowest BCUT2D eigenvalue weighted by atomic mass is 10.2. The van der Waals surface area contributed by atoms with Gasteiger partial charge in [-0.05, 0) is 53.6 Å². The van der Waals surface area contributed by atoms with Gasteiger partial charge in [0.15, 0.2) is 0 Å². The van der Waals surface area contributed by atoms with Gasteiger partial charge in [-0.1, -0.05) is 12.1 Å². The summed E-state index contributed by atoms with van der Waals surface area (Å²) in [7, 11) is 0. The summed E-state index contributed by atoms with van der Waals surface area (Å²) in [5.74, 6) is -2.30. The average molecular weight is 566 g/mol. The Morgan fingerprint density at radius 2 is 1.50 bits per heavy atom. The van der Waals surface area contributed by atoms with Crippen molar-refractivity contribution in [2.75, 3.05) is 10.6 Å². The molecule has 208 valence electrons. The largest absolute Gasteiger partial charge is 0.573 e. The predicted octanol–water partition coefficient (Wildman–Crippen LogP) is 6.96. The van der Waals surface area contributed by atoms with Gasteiger partial charge in [-0.3, -0.25) is 4.98 Å². The number of benzene rings is 2. The minimum absolute atomic E-state index is 0.00456. The normalized spacial score (nSPS) is 12.0. The van der Waals surface area contributed by atoms with E-state index in [4.69, 9.17) is 0 Å². The number of nitrogens with one attached hydrogen (secondary N) is 2. The molecule has 4 aromatic rings. The first-order valence-electron chi connectivity index (χ1n) is 11.2. The molecule has 0 amide bonds. The lowest BCUT2D eigenvalue weighted by Crippen LogP contribution is -2.16. The van der Waals surface area contributed by atoms with Gasteiger partial charge in [-0.25, -0.2) is 4.39 Å². The number of hydrogen-bond donors (Lipinski definition) is 2. The maximum absolute atomic E-state index is 13.7. The maximum atomic E-state index is 13.7. The van der Waals surface area contributed by atoms with Crippen molar-refractivity contribution >= 4 is 23.5 Å². The van der Waals surface area contributed by atoms with Crippen molar-refractivity contribution in [2.24, 2.45) is 10.2 Å². The Kier molecular flexibility index (Phi) is 8.35. The summed E-state index contributed by atoms with van der Waals surface area (Å²) < 4.78 is 93.8. The Bertz CT molecular complexity index is 1460. The lowest BCUT2D eigenvalue weighted by molar-refractivity contribution is -0.274. The number of rotatable bonds is 9. The van der Waals surface area contributed by atoms with Gasteiger partial charge in [0.05, 0.1) is 12.1 Å². The van der Waals surface area contributed by atoms with E-state index < -0.39 is 29.7 Å². The number of hydrogen-bond acceptors (Lipinski definition) is 9. The number of azo groups is 1. The Hall–Kier alpha value is -4.89. The van der Waals surface area contributed by atoms with E-state index in [1.165, 1.54) is 12.1 Å². The molecule has 2 aromatic carbocycles. The number of pyridine rings is 1. The van der Waals surface area contributed by atoms with Crippen LogP contribution in [0.2, 0.25) is 0 Å². The number of nitrogens with zero attached hydrogens (tertiary/aromatic N) is 6. The summed E-state index contributed by atoms with van der Waals surface area (Å²) >= 11 is 0. The molecule has 0 aliphatic carbocycles. The minimum Gasteiger partial charge on any atom is -0.406 e. The molecule has 2 N–H and O–H groups in total. The highest BCUT2D eigenvalue weighted by Gasteiger charge is 2.34. The van der Waals surface area contributed by atoms with Crippen LogP contribution < -0.4 is 15.4 Å². The van der Waals surface area contributed by atoms with Crippen LogP contribution in [0.15, 0.2) is 77.2 Å². The van der Waals surface area contributed by atoms with Gasteiger partial charge in [0.1, 0.15) is 11.6 Å². The molecule has 2 heterocycles. The fourth-order valence-corrected chi connectivity index (χ4v) is 3.15. The van der Waals surface area contributed by atoms with E-state index in [0.29, 0.717) is 17.7 Å². The van der Waals surface area contributed by atoms with Crippen molar-refractivity contribution in [1.29, 1.82) is 0 Å². The SMILES string of the molecule is Fc1ccc(Nc2nc(N=NCc3ccc(OC(F)(F)F)cc3)nc(NCc3ccncc3)n2)cc1C(F)(F)F. The van der Waals surface area contributed by atoms with Gasteiger partial charge in [0.2, 0.25) is 11.9 Å². The third kappa shape index (κ3) is 8.31. The second-order valence-corrected chi connectivity index (χ2v) is 7.90. The molecule has 0 unspecified atom stereocenters. The number of anilines is 3. The fourth-order valence-electron chi connectivity index (χ4n) is 3.15. The Labute approximate surface area is 221 Å². The Morgan fingerprint density at radius 3 is 2.17 bits per heavy atom. The van der Waals surface area contributed by atoms with Crippen LogP contribution in [0.25, 0.3) is 0 Å². The van der Waals surface area contributed by atoms with Gasteiger partial charge in [0.25, 0.3) is 5.95 Å². The average Bonchev–Trinajstić information content (AvgIpc) is 2.89. The van der Waals surface area contributed by atoms with E-state index in [0.717, 1.165) is 23.8 Å². The van der Waals surface area contributed by atoms with E-state index in [-0.39, 0.29) is 36.6 Å². The molecule has 0 radical (unpaired) electrons. The third-order valence-electron chi connectivity index (χ3n) is 4.92. The van der Waals surface area contributed by atoms with Crippen LogP contribution in [-0.2, 0) is 19.3 Å². The monoisotopic (exact) mass is 566 g/mol. The molecule has 0 spiro atoms. The highest BCUT2D eigenvalue weighted by atomic mass is 19.4. The second-order valence-electron chi connectivity index (χ2n) is 7.90. The van der Waals surface area contributed by atoms with Gasteiger partial charge >= 0.3 is 12.5 Å². The van der Waals surface area contributed by atoms with Gasteiger partial charge in [-0.2, -0.15) is 33.2 Å². The van der Waals surface area contributed by atoms with Crippen LogP contribution in [0.4, 0.5) is 54.3 Å². The molecule has 0 atom stereocenters. The smallest absolute Gasteiger partial charge is 0.406 e. The van der Waals surface area contributed by atoms with Crippen LogP contribution in [0, 0.1) is 5.82 Å². The first-order chi connectivity index (χ1) is 18.9. The molecular weight excluding hydrogens is 549 g/mol. The molecule has 9 nitrogen and oxygen atoms in total. The highest BCUT2D eigenvalue weighted by Crippen LogP contribution is 2.33. The second kappa shape index (κ2) is 11.9. The third-order valence-corrected chi connectivity index (χ3v) is 4.92. The molecule has 2 aromatic heterocycles. The Morgan fingerprint density at radius 1 is 0.800 bits per heavy atom. The zero-order valence-electron chi connectivity index (χ0n) is 20.0. The lowest BCUT2D eigenvalue weighted by Gasteiger charge is -2.12. The Balaban J connectivity index is 1.54. The van der Waals surface area contributed by atoms with Crippen molar-refractivity contribution in [3.05, 3.63) is 89.5 Å². The topological polar surface area (TPSA) is 110 Å². The molecule has 0 bridgehead atoms. The minimum atomic E-state index is -4.92. The zero-order chi connectivity index (χ0) is 28.8. The molecular formula is C24H17F7N8O.